The second kappa shape index (κ2) is 4.10. The average molecular weight is 262 g/mol. The third-order valence-electron chi connectivity index (χ3n) is 3.09. The fourth-order valence-electron chi connectivity index (χ4n) is 2.22. The van der Waals surface area contributed by atoms with E-state index in [4.69, 9.17) is 21.1 Å². The molecule has 4 heteroatoms. The van der Waals surface area contributed by atoms with Gasteiger partial charge in [0.2, 0.25) is 0 Å². The van der Waals surface area contributed by atoms with Gasteiger partial charge in [0.1, 0.15) is 5.75 Å². The minimum Gasteiger partial charge on any atom is -0.497 e. The zero-order chi connectivity index (χ0) is 12.7. The van der Waals surface area contributed by atoms with Gasteiger partial charge in [-0.15, -0.1) is 0 Å². The van der Waals surface area contributed by atoms with E-state index in [9.17, 15) is 0 Å². The maximum atomic E-state index is 6.12. The van der Waals surface area contributed by atoms with Crippen molar-refractivity contribution in [2.45, 2.75) is 0 Å². The molecule has 0 radical (unpaired) electrons. The summed E-state index contributed by atoms with van der Waals surface area (Å²) in [4.78, 5) is 3.32. The normalized spacial score (nSPS) is 11.1. The minimum absolute atomic E-state index is 0.600. The lowest BCUT2D eigenvalue weighted by Crippen LogP contribution is -1.85. The van der Waals surface area contributed by atoms with Crippen LogP contribution in [-0.4, -0.2) is 19.2 Å². The summed E-state index contributed by atoms with van der Waals surface area (Å²) in [6, 6.07) is 9.74. The Balaban J connectivity index is 2.43. The molecular weight excluding hydrogens is 250 g/mol. The van der Waals surface area contributed by atoms with Crippen molar-refractivity contribution < 1.29 is 9.47 Å². The summed E-state index contributed by atoms with van der Waals surface area (Å²) < 4.78 is 10.6. The van der Waals surface area contributed by atoms with E-state index >= 15 is 0 Å². The smallest absolute Gasteiger partial charge is 0.161 e. The van der Waals surface area contributed by atoms with Gasteiger partial charge in [-0.2, -0.15) is 0 Å². The van der Waals surface area contributed by atoms with Gasteiger partial charge in [0.25, 0.3) is 0 Å². The fourth-order valence-corrected chi connectivity index (χ4v) is 2.46. The lowest BCUT2D eigenvalue weighted by Gasteiger charge is -2.03. The molecule has 0 aliphatic carbocycles. The Bertz CT molecular complexity index is 733. The molecule has 0 atom stereocenters. The van der Waals surface area contributed by atoms with E-state index in [-0.39, 0.29) is 0 Å². The number of aromatic nitrogens is 1. The van der Waals surface area contributed by atoms with Crippen molar-refractivity contribution in [3.8, 4) is 11.5 Å². The van der Waals surface area contributed by atoms with Crippen LogP contribution < -0.4 is 9.47 Å². The van der Waals surface area contributed by atoms with Crippen LogP contribution in [0.2, 0.25) is 5.02 Å². The molecule has 1 heterocycles. The van der Waals surface area contributed by atoms with Gasteiger partial charge in [0.05, 0.1) is 24.8 Å². The number of nitrogens with one attached hydrogen (secondary N) is 1. The third kappa shape index (κ3) is 1.51. The standard InChI is InChI=1S/C14H12ClNO2/c1-17-8-3-6-12-10(7-8)9-4-5-11(15)14(18-2)13(9)16-12/h3-7,16H,1-2H3. The van der Waals surface area contributed by atoms with Crippen LogP contribution in [0.5, 0.6) is 11.5 Å². The predicted octanol–water partition coefficient (Wildman–Crippen LogP) is 3.99. The van der Waals surface area contributed by atoms with Crippen molar-refractivity contribution in [2.75, 3.05) is 14.2 Å². The molecule has 0 saturated heterocycles. The number of aromatic amines is 1. The Kier molecular flexibility index (Phi) is 2.56. The largest absolute Gasteiger partial charge is 0.497 e. The number of fused-ring (bicyclic) bond motifs is 3. The van der Waals surface area contributed by atoms with E-state index in [1.807, 2.05) is 30.3 Å². The summed E-state index contributed by atoms with van der Waals surface area (Å²) in [5, 5.41) is 2.77. The van der Waals surface area contributed by atoms with Crippen LogP contribution in [0.4, 0.5) is 0 Å². The topological polar surface area (TPSA) is 34.2 Å². The first-order valence-corrected chi connectivity index (χ1v) is 5.94. The Hall–Kier alpha value is -1.87. The second-order valence-corrected chi connectivity index (χ2v) is 4.45. The summed E-state index contributed by atoms with van der Waals surface area (Å²) in [7, 11) is 3.28. The summed E-state index contributed by atoms with van der Waals surface area (Å²) in [5.41, 5.74) is 1.94. The molecule has 0 spiro atoms. The van der Waals surface area contributed by atoms with Crippen LogP contribution in [0.3, 0.4) is 0 Å². The quantitative estimate of drug-likeness (QED) is 0.757. The Morgan fingerprint density at radius 3 is 2.56 bits per heavy atom. The number of ether oxygens (including phenoxy) is 2. The van der Waals surface area contributed by atoms with Gasteiger partial charge in [-0.3, -0.25) is 0 Å². The van der Waals surface area contributed by atoms with Crippen LogP contribution in [0, 0.1) is 0 Å². The molecule has 18 heavy (non-hydrogen) atoms. The highest BCUT2D eigenvalue weighted by Crippen LogP contribution is 2.37. The van der Waals surface area contributed by atoms with Gasteiger partial charge >= 0.3 is 0 Å². The molecule has 0 bridgehead atoms. The maximum absolute atomic E-state index is 6.12. The number of hydrogen-bond donors (Lipinski definition) is 1. The number of benzene rings is 2. The molecule has 3 nitrogen and oxygen atoms in total. The van der Waals surface area contributed by atoms with Crippen molar-refractivity contribution in [2.24, 2.45) is 0 Å². The Morgan fingerprint density at radius 1 is 1.00 bits per heavy atom. The van der Waals surface area contributed by atoms with Crippen molar-refractivity contribution in [1.29, 1.82) is 0 Å². The predicted molar refractivity (Wildman–Crippen MR) is 73.9 cm³/mol. The zero-order valence-corrected chi connectivity index (χ0v) is 10.8. The van der Waals surface area contributed by atoms with Crippen LogP contribution in [0.1, 0.15) is 0 Å². The van der Waals surface area contributed by atoms with Crippen LogP contribution in [0.15, 0.2) is 30.3 Å². The first-order valence-electron chi connectivity index (χ1n) is 5.56. The van der Waals surface area contributed by atoms with Gasteiger partial charge in [-0.1, -0.05) is 17.7 Å². The van der Waals surface area contributed by atoms with Gasteiger partial charge in [0, 0.05) is 16.3 Å². The molecule has 0 aliphatic rings. The Labute approximate surface area is 109 Å². The Morgan fingerprint density at radius 2 is 1.83 bits per heavy atom. The van der Waals surface area contributed by atoms with E-state index < -0.39 is 0 Å². The average Bonchev–Trinajstić information content (AvgIpc) is 2.76. The molecule has 3 aromatic rings. The number of methoxy groups -OCH3 is 2. The molecule has 2 aromatic carbocycles. The molecule has 0 saturated carbocycles. The molecule has 0 amide bonds. The molecule has 0 fully saturated rings. The van der Waals surface area contributed by atoms with Gasteiger partial charge < -0.3 is 14.5 Å². The van der Waals surface area contributed by atoms with E-state index in [1.165, 1.54) is 0 Å². The number of hydrogen-bond acceptors (Lipinski definition) is 2. The van der Waals surface area contributed by atoms with Crippen LogP contribution >= 0.6 is 11.6 Å². The monoisotopic (exact) mass is 261 g/mol. The SMILES string of the molecule is COc1ccc2[nH]c3c(OC)c(Cl)ccc3c2c1. The first-order chi connectivity index (χ1) is 8.74. The molecular formula is C14H12ClNO2. The highest BCUT2D eigenvalue weighted by atomic mass is 35.5. The van der Waals surface area contributed by atoms with E-state index in [0.29, 0.717) is 10.8 Å². The van der Waals surface area contributed by atoms with Crippen molar-refractivity contribution in [3.63, 3.8) is 0 Å². The van der Waals surface area contributed by atoms with Crippen molar-refractivity contribution >= 4 is 33.4 Å². The number of halogens is 1. The van der Waals surface area contributed by atoms with E-state index in [0.717, 1.165) is 27.6 Å². The molecule has 1 N–H and O–H groups in total. The third-order valence-corrected chi connectivity index (χ3v) is 3.39. The van der Waals surface area contributed by atoms with Gasteiger partial charge in [-0.25, -0.2) is 0 Å². The molecule has 1 aromatic heterocycles. The molecule has 3 rings (SSSR count). The summed E-state index contributed by atoms with van der Waals surface area (Å²) in [6.45, 7) is 0. The fraction of sp³-hybridized carbons (Fsp3) is 0.143. The molecule has 0 aliphatic heterocycles. The van der Waals surface area contributed by atoms with Crippen LogP contribution in [0.25, 0.3) is 21.8 Å². The first kappa shape index (κ1) is 11.2. The molecule has 0 unspecified atom stereocenters. The highest BCUT2D eigenvalue weighted by Gasteiger charge is 2.12. The van der Waals surface area contributed by atoms with Crippen molar-refractivity contribution in [1.82, 2.24) is 4.98 Å². The highest BCUT2D eigenvalue weighted by molar-refractivity contribution is 6.33. The van der Waals surface area contributed by atoms with Gasteiger partial charge in [-0.05, 0) is 24.3 Å². The zero-order valence-electron chi connectivity index (χ0n) is 10.1. The van der Waals surface area contributed by atoms with Gasteiger partial charge in [0.15, 0.2) is 5.75 Å². The van der Waals surface area contributed by atoms with Crippen molar-refractivity contribution in [3.05, 3.63) is 35.4 Å². The van der Waals surface area contributed by atoms with E-state index in [1.54, 1.807) is 14.2 Å². The summed E-state index contributed by atoms with van der Waals surface area (Å²) >= 11 is 6.12. The summed E-state index contributed by atoms with van der Waals surface area (Å²) in [6.07, 6.45) is 0. The number of rotatable bonds is 2. The molecule has 92 valence electrons. The van der Waals surface area contributed by atoms with Crippen LogP contribution in [-0.2, 0) is 0 Å². The van der Waals surface area contributed by atoms with E-state index in [2.05, 4.69) is 4.98 Å². The maximum Gasteiger partial charge on any atom is 0.161 e. The minimum atomic E-state index is 0.600. The second-order valence-electron chi connectivity index (χ2n) is 4.04. The lowest BCUT2D eigenvalue weighted by atomic mass is 10.1. The number of H-pyrrole nitrogens is 1. The summed E-state index contributed by atoms with van der Waals surface area (Å²) in [5.74, 6) is 1.50. The lowest BCUT2D eigenvalue weighted by molar-refractivity contribution is 0.415.